The Bertz CT molecular complexity index is 1120. The fourth-order valence-corrected chi connectivity index (χ4v) is 3.52. The summed E-state index contributed by atoms with van der Waals surface area (Å²) in [6.07, 6.45) is 1.84. The Morgan fingerprint density at radius 1 is 0.833 bits per heavy atom. The summed E-state index contributed by atoms with van der Waals surface area (Å²) < 4.78 is 5.10. The van der Waals surface area contributed by atoms with Crippen molar-refractivity contribution in [3.63, 3.8) is 0 Å². The van der Waals surface area contributed by atoms with Crippen molar-refractivity contribution < 1.29 is 9.53 Å². The molecule has 0 aliphatic rings. The van der Waals surface area contributed by atoms with Gasteiger partial charge in [0.1, 0.15) is 6.61 Å². The first-order valence-electron chi connectivity index (χ1n) is 9.98. The van der Waals surface area contributed by atoms with E-state index >= 15 is 0 Å². The number of carbonyl (C=O) groups excluding carboxylic acids is 1. The molecule has 150 valence electrons. The number of fused-ring (bicyclic) bond motifs is 1. The van der Waals surface area contributed by atoms with Crippen molar-refractivity contribution in [2.45, 2.75) is 13.1 Å². The highest BCUT2D eigenvalue weighted by molar-refractivity contribution is 5.80. The first-order chi connectivity index (χ1) is 14.7. The van der Waals surface area contributed by atoms with E-state index in [1.807, 2.05) is 53.6 Å². The van der Waals surface area contributed by atoms with E-state index in [4.69, 9.17) is 4.74 Å². The van der Waals surface area contributed by atoms with Gasteiger partial charge >= 0.3 is 0 Å². The number of pyridine rings is 1. The molecule has 0 fully saturated rings. The highest BCUT2D eigenvalue weighted by atomic mass is 16.5. The third-order valence-corrected chi connectivity index (χ3v) is 5.08. The van der Waals surface area contributed by atoms with Crippen LogP contribution < -0.4 is 0 Å². The number of aromatic nitrogens is 1. The van der Waals surface area contributed by atoms with Gasteiger partial charge in [-0.1, -0.05) is 72.8 Å². The lowest BCUT2D eigenvalue weighted by Crippen LogP contribution is -2.32. The zero-order chi connectivity index (χ0) is 20.8. The molecule has 0 N–H and O–H groups in total. The van der Waals surface area contributed by atoms with Crippen molar-refractivity contribution in [3.8, 4) is 11.1 Å². The highest BCUT2D eigenvalue weighted by Crippen LogP contribution is 2.21. The second kappa shape index (κ2) is 9.33. The molecule has 0 aliphatic heterocycles. The maximum atomic E-state index is 12.7. The van der Waals surface area contributed by atoms with Crippen LogP contribution in [0.15, 0.2) is 91.1 Å². The Kier molecular flexibility index (Phi) is 6.16. The fourth-order valence-electron chi connectivity index (χ4n) is 3.52. The molecule has 0 aliphatic carbocycles. The second-order valence-electron chi connectivity index (χ2n) is 7.28. The second-order valence-corrected chi connectivity index (χ2v) is 7.28. The summed E-state index contributed by atoms with van der Waals surface area (Å²) in [6.45, 7) is 1.06. The summed E-state index contributed by atoms with van der Waals surface area (Å²) in [5, 5.41) is 1.07. The van der Waals surface area contributed by atoms with E-state index in [2.05, 4.69) is 47.4 Å². The van der Waals surface area contributed by atoms with Gasteiger partial charge in [-0.2, -0.15) is 0 Å². The van der Waals surface area contributed by atoms with Crippen LogP contribution in [-0.4, -0.2) is 29.5 Å². The van der Waals surface area contributed by atoms with E-state index in [-0.39, 0.29) is 12.5 Å². The molecule has 4 rings (SSSR count). The van der Waals surface area contributed by atoms with Crippen molar-refractivity contribution in [2.75, 3.05) is 13.7 Å². The zero-order valence-electron chi connectivity index (χ0n) is 17.0. The van der Waals surface area contributed by atoms with Gasteiger partial charge in [-0.25, -0.2) is 0 Å². The number of amides is 1. The van der Waals surface area contributed by atoms with Crippen LogP contribution in [0, 0.1) is 0 Å². The SMILES string of the molecule is COCC(=O)N(Cc1ccc(-c2ccccc2)cc1)Cc1cnc2ccccc2c1. The Balaban J connectivity index is 1.53. The molecule has 1 heterocycles. The van der Waals surface area contributed by atoms with Crippen LogP contribution in [0.5, 0.6) is 0 Å². The van der Waals surface area contributed by atoms with E-state index in [0.717, 1.165) is 27.6 Å². The van der Waals surface area contributed by atoms with Gasteiger partial charge in [-0.15, -0.1) is 0 Å². The summed E-state index contributed by atoms with van der Waals surface area (Å²) in [6, 6.07) is 28.7. The number of para-hydroxylation sites is 1. The first kappa shape index (κ1) is 19.8. The lowest BCUT2D eigenvalue weighted by atomic mass is 10.0. The quantitative estimate of drug-likeness (QED) is 0.438. The van der Waals surface area contributed by atoms with Gasteiger partial charge in [0.05, 0.1) is 5.52 Å². The van der Waals surface area contributed by atoms with Crippen LogP contribution in [0.25, 0.3) is 22.0 Å². The van der Waals surface area contributed by atoms with Crippen LogP contribution in [0.2, 0.25) is 0 Å². The molecule has 0 bridgehead atoms. The number of methoxy groups -OCH3 is 1. The number of hydrogen-bond acceptors (Lipinski definition) is 3. The van der Waals surface area contributed by atoms with Crippen molar-refractivity contribution in [1.82, 2.24) is 9.88 Å². The van der Waals surface area contributed by atoms with Crippen molar-refractivity contribution >= 4 is 16.8 Å². The van der Waals surface area contributed by atoms with E-state index in [9.17, 15) is 4.79 Å². The number of hydrogen-bond donors (Lipinski definition) is 0. The maximum Gasteiger partial charge on any atom is 0.249 e. The van der Waals surface area contributed by atoms with Gasteiger partial charge in [0.25, 0.3) is 0 Å². The number of rotatable bonds is 7. The molecule has 0 saturated carbocycles. The number of ether oxygens (including phenoxy) is 1. The van der Waals surface area contributed by atoms with Crippen LogP contribution in [0.1, 0.15) is 11.1 Å². The monoisotopic (exact) mass is 396 g/mol. The smallest absolute Gasteiger partial charge is 0.249 e. The highest BCUT2D eigenvalue weighted by Gasteiger charge is 2.15. The molecule has 3 aromatic carbocycles. The molecule has 4 heteroatoms. The molecule has 1 amide bonds. The molecule has 30 heavy (non-hydrogen) atoms. The zero-order valence-corrected chi connectivity index (χ0v) is 17.0. The van der Waals surface area contributed by atoms with Crippen molar-refractivity contribution in [1.29, 1.82) is 0 Å². The van der Waals surface area contributed by atoms with Gasteiger partial charge in [0.15, 0.2) is 0 Å². The van der Waals surface area contributed by atoms with Crippen molar-refractivity contribution in [3.05, 3.63) is 102 Å². The standard InChI is InChI=1S/C26H24N2O2/c1-30-19-26(29)28(18-21-15-24-9-5-6-10-25(24)27-16-21)17-20-11-13-23(14-12-20)22-7-3-2-4-8-22/h2-16H,17-19H2,1H3. The van der Waals surface area contributed by atoms with E-state index in [0.29, 0.717) is 13.1 Å². The lowest BCUT2D eigenvalue weighted by Gasteiger charge is -2.23. The number of benzene rings is 3. The average molecular weight is 396 g/mol. The first-order valence-corrected chi connectivity index (χ1v) is 9.98. The summed E-state index contributed by atoms with van der Waals surface area (Å²) in [5.41, 5.74) is 5.37. The Morgan fingerprint density at radius 3 is 2.27 bits per heavy atom. The topological polar surface area (TPSA) is 42.4 Å². The summed E-state index contributed by atoms with van der Waals surface area (Å²) in [5.74, 6) is -0.0437. The maximum absolute atomic E-state index is 12.7. The minimum atomic E-state index is -0.0437. The number of nitrogens with zero attached hydrogens (tertiary/aromatic N) is 2. The van der Waals surface area contributed by atoms with Gasteiger partial charge in [-0.05, 0) is 34.4 Å². The molecule has 4 aromatic rings. The summed E-state index contributed by atoms with van der Waals surface area (Å²) >= 11 is 0. The van der Waals surface area contributed by atoms with Gasteiger partial charge in [0, 0.05) is 31.8 Å². The van der Waals surface area contributed by atoms with Crippen LogP contribution >= 0.6 is 0 Å². The molecular weight excluding hydrogens is 372 g/mol. The van der Waals surface area contributed by atoms with Crippen LogP contribution in [-0.2, 0) is 22.6 Å². The predicted molar refractivity (Wildman–Crippen MR) is 120 cm³/mol. The largest absolute Gasteiger partial charge is 0.375 e. The minimum Gasteiger partial charge on any atom is -0.375 e. The number of carbonyl (C=O) groups is 1. The molecule has 1 aromatic heterocycles. The predicted octanol–water partition coefficient (Wildman–Crippen LogP) is 5.08. The van der Waals surface area contributed by atoms with E-state index in [1.54, 1.807) is 7.11 Å². The van der Waals surface area contributed by atoms with E-state index in [1.165, 1.54) is 5.56 Å². The van der Waals surface area contributed by atoms with Gasteiger partial charge in [0.2, 0.25) is 5.91 Å². The molecule has 0 spiro atoms. The van der Waals surface area contributed by atoms with Crippen LogP contribution in [0.3, 0.4) is 0 Å². The Morgan fingerprint density at radius 2 is 1.50 bits per heavy atom. The normalized spacial score (nSPS) is 10.8. The fraction of sp³-hybridized carbons (Fsp3) is 0.154. The van der Waals surface area contributed by atoms with Crippen LogP contribution in [0.4, 0.5) is 0 Å². The third-order valence-electron chi connectivity index (χ3n) is 5.08. The summed E-state index contributed by atoms with van der Waals surface area (Å²) in [7, 11) is 1.54. The average Bonchev–Trinajstić information content (AvgIpc) is 2.80. The van der Waals surface area contributed by atoms with Crippen molar-refractivity contribution in [2.24, 2.45) is 0 Å². The molecule has 0 atom stereocenters. The molecular formula is C26H24N2O2. The minimum absolute atomic E-state index is 0.0437. The third kappa shape index (κ3) is 4.73. The van der Waals surface area contributed by atoms with E-state index < -0.39 is 0 Å². The van der Waals surface area contributed by atoms with Gasteiger partial charge < -0.3 is 9.64 Å². The Hall–Kier alpha value is -3.50. The molecule has 0 saturated heterocycles. The summed E-state index contributed by atoms with van der Waals surface area (Å²) in [4.78, 5) is 19.0. The molecule has 0 radical (unpaired) electrons. The van der Waals surface area contributed by atoms with Gasteiger partial charge in [-0.3, -0.25) is 9.78 Å². The Labute approximate surface area is 176 Å². The molecule has 0 unspecified atom stereocenters. The molecule has 4 nitrogen and oxygen atoms in total. The lowest BCUT2D eigenvalue weighted by molar-refractivity contribution is -0.136.